The van der Waals surface area contributed by atoms with Gasteiger partial charge in [0.15, 0.2) is 0 Å². The molecule has 134 valence electrons. The van der Waals surface area contributed by atoms with E-state index in [0.717, 1.165) is 0 Å². The Balaban J connectivity index is 1.59. The van der Waals surface area contributed by atoms with Crippen LogP contribution in [-0.2, 0) is 7.05 Å². The van der Waals surface area contributed by atoms with Gasteiger partial charge in [0.25, 0.3) is 5.91 Å². The summed E-state index contributed by atoms with van der Waals surface area (Å²) in [5.74, 6) is 0.534. The van der Waals surface area contributed by atoms with Crippen LogP contribution in [0.3, 0.4) is 0 Å². The first-order chi connectivity index (χ1) is 12.0. The van der Waals surface area contributed by atoms with E-state index in [-0.39, 0.29) is 12.5 Å². The van der Waals surface area contributed by atoms with Gasteiger partial charge in [-0.1, -0.05) is 17.7 Å². The number of nitrogens with zero attached hydrogens (tertiary/aromatic N) is 3. The number of benzene rings is 1. The van der Waals surface area contributed by atoms with Crippen LogP contribution in [0.4, 0.5) is 0 Å². The van der Waals surface area contributed by atoms with Crippen LogP contribution in [0.25, 0.3) is 0 Å². The van der Waals surface area contributed by atoms with E-state index >= 15 is 0 Å². The zero-order valence-electron chi connectivity index (χ0n) is 14.2. The van der Waals surface area contributed by atoms with Crippen molar-refractivity contribution < 1.29 is 14.6 Å². The van der Waals surface area contributed by atoms with E-state index in [4.69, 9.17) is 16.3 Å². The molecule has 0 saturated carbocycles. The van der Waals surface area contributed by atoms with Crippen molar-refractivity contribution >= 4 is 17.5 Å². The van der Waals surface area contributed by atoms with E-state index < -0.39 is 5.60 Å². The molecule has 1 fully saturated rings. The van der Waals surface area contributed by atoms with E-state index in [1.807, 2.05) is 12.1 Å². The summed E-state index contributed by atoms with van der Waals surface area (Å²) >= 11 is 5.95. The van der Waals surface area contributed by atoms with E-state index in [0.29, 0.717) is 48.8 Å². The number of halogens is 1. The van der Waals surface area contributed by atoms with Crippen molar-refractivity contribution in [2.45, 2.75) is 24.9 Å². The predicted molar refractivity (Wildman–Crippen MR) is 94.9 cm³/mol. The second-order valence-electron chi connectivity index (χ2n) is 6.49. The Hall–Kier alpha value is -2.05. The molecule has 1 saturated heterocycles. The van der Waals surface area contributed by atoms with Gasteiger partial charge in [0, 0.05) is 31.4 Å². The molecule has 1 aliphatic rings. The minimum Gasteiger partial charge on any atom is -0.491 e. The van der Waals surface area contributed by atoms with Crippen LogP contribution in [0.15, 0.2) is 36.5 Å². The fraction of sp³-hybridized carbons (Fsp3) is 0.444. The van der Waals surface area contributed by atoms with Crippen molar-refractivity contribution in [3.8, 4) is 5.75 Å². The van der Waals surface area contributed by atoms with E-state index in [1.54, 1.807) is 41.0 Å². The number of carbonyl (C=O) groups is 1. The molecule has 0 spiro atoms. The first-order valence-electron chi connectivity index (χ1n) is 8.35. The predicted octanol–water partition coefficient (Wildman–Crippen LogP) is 2.51. The number of aryl methyl sites for hydroxylation is 1. The fourth-order valence-corrected chi connectivity index (χ4v) is 3.17. The van der Waals surface area contributed by atoms with Gasteiger partial charge in [0.05, 0.1) is 0 Å². The van der Waals surface area contributed by atoms with Gasteiger partial charge in [-0.15, -0.1) is 0 Å². The van der Waals surface area contributed by atoms with Gasteiger partial charge >= 0.3 is 0 Å². The van der Waals surface area contributed by atoms with Crippen LogP contribution in [0.2, 0.25) is 5.02 Å². The summed E-state index contributed by atoms with van der Waals surface area (Å²) in [5.41, 5.74) is -0.523. The molecule has 6 nitrogen and oxygen atoms in total. The summed E-state index contributed by atoms with van der Waals surface area (Å²) < 4.78 is 7.33. The number of hydrogen-bond donors (Lipinski definition) is 1. The van der Waals surface area contributed by atoms with Gasteiger partial charge in [-0.2, -0.15) is 5.10 Å². The fourth-order valence-electron chi connectivity index (χ4n) is 2.99. The minimum absolute atomic E-state index is 0.0967. The van der Waals surface area contributed by atoms with Gasteiger partial charge in [-0.3, -0.25) is 9.48 Å². The lowest BCUT2D eigenvalue weighted by Gasteiger charge is -2.27. The van der Waals surface area contributed by atoms with E-state index in [2.05, 4.69) is 5.10 Å². The van der Waals surface area contributed by atoms with Crippen molar-refractivity contribution in [1.82, 2.24) is 14.7 Å². The average molecular weight is 364 g/mol. The molecule has 1 aromatic heterocycles. The summed E-state index contributed by atoms with van der Waals surface area (Å²) in [6.45, 7) is 1.26. The summed E-state index contributed by atoms with van der Waals surface area (Å²) in [6, 6.07) is 8.82. The molecule has 7 heteroatoms. The maximum absolute atomic E-state index is 12.5. The van der Waals surface area contributed by atoms with Crippen molar-refractivity contribution in [2.24, 2.45) is 7.05 Å². The zero-order valence-corrected chi connectivity index (χ0v) is 14.9. The second-order valence-corrected chi connectivity index (χ2v) is 6.93. The first kappa shape index (κ1) is 17.8. The molecule has 1 atom stereocenters. The Kier molecular flexibility index (Phi) is 5.30. The molecule has 2 heterocycles. The van der Waals surface area contributed by atoms with Crippen molar-refractivity contribution in [1.29, 1.82) is 0 Å². The third-order valence-electron chi connectivity index (χ3n) is 4.44. The number of likely N-dealkylation sites (tertiary alicyclic amines) is 1. The van der Waals surface area contributed by atoms with Crippen LogP contribution in [0, 0.1) is 0 Å². The van der Waals surface area contributed by atoms with Gasteiger partial charge in [0.1, 0.15) is 23.7 Å². The molecule has 1 aliphatic heterocycles. The number of amides is 1. The van der Waals surface area contributed by atoms with Gasteiger partial charge in [-0.25, -0.2) is 0 Å². The number of hydrogen-bond acceptors (Lipinski definition) is 4. The Bertz CT molecular complexity index is 749. The molecule has 0 aliphatic carbocycles. The number of aliphatic hydroxyl groups is 1. The molecule has 1 aromatic carbocycles. The average Bonchev–Trinajstić information content (AvgIpc) is 2.92. The minimum atomic E-state index is -0.957. The Morgan fingerprint density at radius 3 is 2.92 bits per heavy atom. The Morgan fingerprint density at radius 1 is 1.36 bits per heavy atom. The van der Waals surface area contributed by atoms with Crippen LogP contribution in [0.5, 0.6) is 5.75 Å². The molecule has 1 unspecified atom stereocenters. The maximum atomic E-state index is 12.5. The number of aromatic nitrogens is 2. The van der Waals surface area contributed by atoms with Crippen LogP contribution >= 0.6 is 11.6 Å². The molecule has 25 heavy (non-hydrogen) atoms. The highest BCUT2D eigenvalue weighted by Crippen LogP contribution is 2.25. The van der Waals surface area contributed by atoms with Gasteiger partial charge in [0.2, 0.25) is 0 Å². The molecule has 0 radical (unpaired) electrons. The lowest BCUT2D eigenvalue weighted by Crippen LogP contribution is -2.38. The number of carbonyl (C=O) groups excluding carboxylic acids is 1. The molecule has 2 aromatic rings. The Morgan fingerprint density at radius 2 is 2.20 bits per heavy atom. The quantitative estimate of drug-likeness (QED) is 0.906. The topological polar surface area (TPSA) is 67.6 Å². The smallest absolute Gasteiger partial charge is 0.274 e. The standard InChI is InChI=1S/C18H22ClN3O3/c1-21-10-6-16(20-21)17(23)22-9-3-7-18(24,8-11-22)13-25-15-5-2-4-14(19)12-15/h2,4-6,10,12,24H,3,7-9,11,13H2,1H3. The third kappa shape index (κ3) is 4.52. The molecule has 1 amide bonds. The molecular formula is C18H22ClN3O3. The summed E-state index contributed by atoms with van der Waals surface area (Å²) in [4.78, 5) is 14.3. The lowest BCUT2D eigenvalue weighted by atomic mass is 9.96. The van der Waals surface area contributed by atoms with Crippen molar-refractivity contribution in [3.63, 3.8) is 0 Å². The SMILES string of the molecule is Cn1ccc(C(=O)N2CCCC(O)(COc3cccc(Cl)c3)CC2)n1. The summed E-state index contributed by atoms with van der Waals surface area (Å²) in [5, 5.41) is 15.6. The maximum Gasteiger partial charge on any atom is 0.274 e. The normalized spacial score (nSPS) is 21.0. The van der Waals surface area contributed by atoms with Gasteiger partial charge < -0.3 is 14.7 Å². The second kappa shape index (κ2) is 7.45. The van der Waals surface area contributed by atoms with Crippen LogP contribution in [-0.4, -0.2) is 51.0 Å². The molecule has 3 rings (SSSR count). The van der Waals surface area contributed by atoms with Crippen molar-refractivity contribution in [2.75, 3.05) is 19.7 Å². The molecule has 0 bridgehead atoms. The molecule has 1 N–H and O–H groups in total. The highest BCUT2D eigenvalue weighted by atomic mass is 35.5. The highest BCUT2D eigenvalue weighted by molar-refractivity contribution is 6.30. The van der Waals surface area contributed by atoms with E-state index in [1.165, 1.54) is 0 Å². The largest absolute Gasteiger partial charge is 0.491 e. The van der Waals surface area contributed by atoms with Gasteiger partial charge in [-0.05, 0) is 43.5 Å². The summed E-state index contributed by atoms with van der Waals surface area (Å²) in [6.07, 6.45) is 3.51. The zero-order chi connectivity index (χ0) is 17.9. The highest BCUT2D eigenvalue weighted by Gasteiger charge is 2.33. The Labute approximate surface area is 152 Å². The lowest BCUT2D eigenvalue weighted by molar-refractivity contribution is -0.0163. The monoisotopic (exact) mass is 363 g/mol. The first-order valence-corrected chi connectivity index (χ1v) is 8.73. The summed E-state index contributed by atoms with van der Waals surface area (Å²) in [7, 11) is 1.78. The molecular weight excluding hydrogens is 342 g/mol. The van der Waals surface area contributed by atoms with Crippen LogP contribution < -0.4 is 4.74 Å². The van der Waals surface area contributed by atoms with Crippen molar-refractivity contribution in [3.05, 3.63) is 47.2 Å². The third-order valence-corrected chi connectivity index (χ3v) is 4.68. The van der Waals surface area contributed by atoms with E-state index in [9.17, 15) is 9.90 Å². The van der Waals surface area contributed by atoms with Crippen LogP contribution in [0.1, 0.15) is 29.8 Å². The number of ether oxygens (including phenoxy) is 1. The number of rotatable bonds is 4.